The molecule has 2 aromatic rings. The maximum absolute atomic E-state index is 12.4. The van der Waals surface area contributed by atoms with Crippen LogP contribution in [0.25, 0.3) is 0 Å². The predicted molar refractivity (Wildman–Crippen MR) is 123 cm³/mol. The van der Waals surface area contributed by atoms with E-state index in [-0.39, 0.29) is 12.1 Å². The summed E-state index contributed by atoms with van der Waals surface area (Å²) in [5, 5.41) is 5.85. The maximum atomic E-state index is 12.4. The van der Waals surface area contributed by atoms with Gasteiger partial charge in [0.15, 0.2) is 11.5 Å². The number of nitrogens with one attached hydrogen (secondary N) is 2. The quantitative estimate of drug-likeness (QED) is 0.550. The molecule has 1 fully saturated rings. The molecule has 0 saturated carbocycles. The van der Waals surface area contributed by atoms with Crippen LogP contribution >= 0.6 is 0 Å². The van der Waals surface area contributed by atoms with Gasteiger partial charge in [0.05, 0.1) is 40.0 Å². The highest BCUT2D eigenvalue weighted by Gasteiger charge is 2.24. The molecule has 2 aromatic carbocycles. The van der Waals surface area contributed by atoms with Crippen LogP contribution in [0.1, 0.15) is 17.2 Å². The molecule has 0 aromatic heterocycles. The fourth-order valence-corrected chi connectivity index (χ4v) is 3.70. The summed E-state index contributed by atoms with van der Waals surface area (Å²) in [4.78, 5) is 14.7. The minimum atomic E-state index is -0.225. The summed E-state index contributed by atoms with van der Waals surface area (Å²) < 4.78 is 22.0. The van der Waals surface area contributed by atoms with Crippen molar-refractivity contribution in [3.63, 3.8) is 0 Å². The standard InChI is InChI=1S/C24H33N3O5/c1-18-5-4-6-20(15-18)32-12-9-25-24(28)26-17-21(27-10-13-31-14-11-27)19-7-8-22(29-2)23(16-19)30-3/h4-8,15-16,21H,9-14,17H2,1-3H3,(H2,25,26,28)/t21-/m1/s1. The SMILES string of the molecule is COc1ccc([C@@H](CNC(=O)NCCOc2cccc(C)c2)N2CCOCC2)cc1OC. The zero-order valence-corrected chi connectivity index (χ0v) is 19.1. The Morgan fingerprint density at radius 1 is 1.06 bits per heavy atom. The number of methoxy groups -OCH3 is 2. The third kappa shape index (κ3) is 6.77. The molecule has 2 N–H and O–H groups in total. The van der Waals surface area contributed by atoms with E-state index in [4.69, 9.17) is 18.9 Å². The van der Waals surface area contributed by atoms with Gasteiger partial charge in [-0.05, 0) is 42.3 Å². The molecule has 0 unspecified atom stereocenters. The molecule has 32 heavy (non-hydrogen) atoms. The molecule has 3 rings (SSSR count). The van der Waals surface area contributed by atoms with Crippen LogP contribution in [-0.2, 0) is 4.74 Å². The molecule has 8 heteroatoms. The zero-order valence-electron chi connectivity index (χ0n) is 19.1. The summed E-state index contributed by atoms with van der Waals surface area (Å²) in [7, 11) is 3.24. The van der Waals surface area contributed by atoms with Gasteiger partial charge in [0.1, 0.15) is 12.4 Å². The molecule has 1 saturated heterocycles. The fraction of sp³-hybridized carbons (Fsp3) is 0.458. The van der Waals surface area contributed by atoms with E-state index in [1.807, 2.05) is 49.4 Å². The average molecular weight is 444 g/mol. The molecule has 2 amide bonds. The van der Waals surface area contributed by atoms with E-state index in [0.717, 1.165) is 30.0 Å². The monoisotopic (exact) mass is 443 g/mol. The number of nitrogens with zero attached hydrogens (tertiary/aromatic N) is 1. The van der Waals surface area contributed by atoms with Gasteiger partial charge in [-0.3, -0.25) is 4.90 Å². The first-order chi connectivity index (χ1) is 15.6. The Kier molecular flexibility index (Phi) is 9.01. The Labute approximate surface area is 189 Å². The first kappa shape index (κ1) is 23.7. The van der Waals surface area contributed by atoms with Gasteiger partial charge in [-0.15, -0.1) is 0 Å². The van der Waals surface area contributed by atoms with Gasteiger partial charge in [0.2, 0.25) is 0 Å². The van der Waals surface area contributed by atoms with Crippen molar-refractivity contribution < 1.29 is 23.7 Å². The Morgan fingerprint density at radius 2 is 1.84 bits per heavy atom. The van der Waals surface area contributed by atoms with Crippen molar-refractivity contribution >= 4 is 6.03 Å². The van der Waals surface area contributed by atoms with Crippen molar-refractivity contribution in [2.45, 2.75) is 13.0 Å². The summed E-state index contributed by atoms with van der Waals surface area (Å²) in [5.74, 6) is 2.14. The van der Waals surface area contributed by atoms with Crippen molar-refractivity contribution in [3.05, 3.63) is 53.6 Å². The van der Waals surface area contributed by atoms with E-state index >= 15 is 0 Å². The number of urea groups is 1. The van der Waals surface area contributed by atoms with Crippen LogP contribution in [0.2, 0.25) is 0 Å². The molecule has 1 atom stereocenters. The topological polar surface area (TPSA) is 81.3 Å². The van der Waals surface area contributed by atoms with E-state index in [2.05, 4.69) is 15.5 Å². The van der Waals surface area contributed by atoms with Gasteiger partial charge < -0.3 is 29.6 Å². The number of rotatable bonds is 10. The van der Waals surface area contributed by atoms with E-state index in [9.17, 15) is 4.79 Å². The van der Waals surface area contributed by atoms with Gasteiger partial charge >= 0.3 is 6.03 Å². The number of ether oxygens (including phenoxy) is 4. The number of carbonyl (C=O) groups excluding carboxylic acids is 1. The lowest BCUT2D eigenvalue weighted by molar-refractivity contribution is 0.0166. The van der Waals surface area contributed by atoms with Gasteiger partial charge in [-0.2, -0.15) is 0 Å². The molecule has 1 aliphatic heterocycles. The van der Waals surface area contributed by atoms with Crippen molar-refractivity contribution in [1.29, 1.82) is 0 Å². The summed E-state index contributed by atoms with van der Waals surface area (Å²) in [6.45, 7) is 6.23. The van der Waals surface area contributed by atoms with Crippen LogP contribution < -0.4 is 24.8 Å². The number of carbonyl (C=O) groups is 1. The number of aryl methyl sites for hydroxylation is 1. The molecule has 0 spiro atoms. The minimum absolute atomic E-state index is 0.00648. The van der Waals surface area contributed by atoms with Crippen LogP contribution in [0.15, 0.2) is 42.5 Å². The number of hydrogen-bond donors (Lipinski definition) is 2. The summed E-state index contributed by atoms with van der Waals surface area (Å²) in [6, 6.07) is 13.5. The highest BCUT2D eigenvalue weighted by Crippen LogP contribution is 2.32. The van der Waals surface area contributed by atoms with E-state index < -0.39 is 0 Å². The first-order valence-electron chi connectivity index (χ1n) is 10.9. The Bertz CT molecular complexity index is 870. The second kappa shape index (κ2) is 12.2. The average Bonchev–Trinajstić information content (AvgIpc) is 2.82. The molecule has 1 heterocycles. The van der Waals surface area contributed by atoms with Crippen molar-refractivity contribution in [3.8, 4) is 17.2 Å². The Morgan fingerprint density at radius 3 is 2.56 bits per heavy atom. The van der Waals surface area contributed by atoms with Crippen molar-refractivity contribution in [2.75, 3.05) is 60.2 Å². The normalized spacial score (nSPS) is 15.0. The molecule has 1 aliphatic rings. The third-order valence-corrected chi connectivity index (χ3v) is 5.38. The van der Waals surface area contributed by atoms with E-state index in [1.165, 1.54) is 0 Å². The van der Waals surface area contributed by atoms with Crippen LogP contribution in [0.4, 0.5) is 4.79 Å². The number of benzene rings is 2. The molecule has 0 aliphatic carbocycles. The van der Waals surface area contributed by atoms with E-state index in [0.29, 0.717) is 44.4 Å². The lowest BCUT2D eigenvalue weighted by Gasteiger charge is -2.35. The zero-order chi connectivity index (χ0) is 22.8. The maximum Gasteiger partial charge on any atom is 0.314 e. The molecule has 0 radical (unpaired) electrons. The molecular weight excluding hydrogens is 410 g/mol. The minimum Gasteiger partial charge on any atom is -0.493 e. The lowest BCUT2D eigenvalue weighted by atomic mass is 10.0. The number of amides is 2. The highest BCUT2D eigenvalue weighted by molar-refractivity contribution is 5.73. The van der Waals surface area contributed by atoms with Gasteiger partial charge in [-0.25, -0.2) is 4.79 Å². The molecule has 8 nitrogen and oxygen atoms in total. The second-order valence-corrected chi connectivity index (χ2v) is 7.58. The molecule has 0 bridgehead atoms. The Hall–Kier alpha value is -2.97. The largest absolute Gasteiger partial charge is 0.493 e. The van der Waals surface area contributed by atoms with Gasteiger partial charge in [0, 0.05) is 19.6 Å². The molecular formula is C24H33N3O5. The second-order valence-electron chi connectivity index (χ2n) is 7.58. The highest BCUT2D eigenvalue weighted by atomic mass is 16.5. The first-order valence-corrected chi connectivity index (χ1v) is 10.9. The fourth-order valence-electron chi connectivity index (χ4n) is 3.70. The van der Waals surface area contributed by atoms with Crippen LogP contribution in [-0.4, -0.2) is 71.2 Å². The summed E-state index contributed by atoms with van der Waals surface area (Å²) in [6.07, 6.45) is 0. The smallest absolute Gasteiger partial charge is 0.314 e. The summed E-state index contributed by atoms with van der Waals surface area (Å²) >= 11 is 0. The van der Waals surface area contributed by atoms with E-state index in [1.54, 1.807) is 14.2 Å². The van der Waals surface area contributed by atoms with Crippen LogP contribution in [0.3, 0.4) is 0 Å². The Balaban J connectivity index is 1.54. The predicted octanol–water partition coefficient (Wildman–Crippen LogP) is 2.76. The third-order valence-electron chi connectivity index (χ3n) is 5.38. The number of morpholine rings is 1. The number of hydrogen-bond acceptors (Lipinski definition) is 6. The summed E-state index contributed by atoms with van der Waals surface area (Å²) in [5.41, 5.74) is 2.19. The van der Waals surface area contributed by atoms with Crippen LogP contribution in [0.5, 0.6) is 17.2 Å². The van der Waals surface area contributed by atoms with Crippen LogP contribution in [0, 0.1) is 6.92 Å². The lowest BCUT2D eigenvalue weighted by Crippen LogP contribution is -2.46. The molecule has 174 valence electrons. The van der Waals surface area contributed by atoms with Gasteiger partial charge in [-0.1, -0.05) is 18.2 Å². The van der Waals surface area contributed by atoms with Crippen molar-refractivity contribution in [2.24, 2.45) is 0 Å². The van der Waals surface area contributed by atoms with Crippen molar-refractivity contribution in [1.82, 2.24) is 15.5 Å². The van der Waals surface area contributed by atoms with Gasteiger partial charge in [0.25, 0.3) is 0 Å².